The largest absolute Gasteiger partial charge is 0.507 e. The topological polar surface area (TPSA) is 50.9 Å². The van der Waals surface area contributed by atoms with Crippen molar-refractivity contribution in [3.63, 3.8) is 0 Å². The number of aromatic nitrogens is 3. The lowest BCUT2D eigenvalue weighted by Crippen LogP contribution is -2.13. The molecule has 4 nitrogen and oxygen atoms in total. The zero-order valence-corrected chi connectivity index (χ0v) is 43.7. The molecule has 2 heterocycles. The van der Waals surface area contributed by atoms with E-state index in [1.165, 1.54) is 27.8 Å². The van der Waals surface area contributed by atoms with Crippen LogP contribution in [0.4, 0.5) is 0 Å². The van der Waals surface area contributed by atoms with Crippen molar-refractivity contribution >= 4 is 11.0 Å². The number of nitrogens with zero attached hydrogens (tertiary/aromatic N) is 3. The number of rotatable bonds is 8. The molecule has 0 unspecified atom stereocenters. The first-order valence-electron chi connectivity index (χ1n) is 25.3. The molecule has 0 aliphatic rings. The summed E-state index contributed by atoms with van der Waals surface area (Å²) in [5.74, 6) is 0.917. The first-order valence-corrected chi connectivity index (χ1v) is 25.3. The summed E-state index contributed by atoms with van der Waals surface area (Å²) in [6.45, 7) is 24.5. The van der Waals surface area contributed by atoms with Gasteiger partial charge in [0.2, 0.25) is 0 Å². The van der Waals surface area contributed by atoms with Crippen LogP contribution in [0.5, 0.6) is 5.75 Å². The van der Waals surface area contributed by atoms with E-state index in [0.717, 1.165) is 83.6 Å². The molecule has 2 aromatic heterocycles. The lowest BCUT2D eigenvalue weighted by molar-refractivity contribution is 0.471. The number of pyridine rings is 1. The van der Waals surface area contributed by atoms with Crippen LogP contribution in [0.3, 0.4) is 0 Å². The molecular weight excluding hydrogens is 875 g/mol. The Morgan fingerprint density at radius 1 is 0.417 bits per heavy atom. The van der Waals surface area contributed by atoms with Crippen molar-refractivity contribution in [3.05, 3.63) is 216 Å². The van der Waals surface area contributed by atoms with Gasteiger partial charge in [-0.25, -0.2) is 4.98 Å². The Morgan fingerprint density at radius 2 is 1.03 bits per heavy atom. The van der Waals surface area contributed by atoms with Gasteiger partial charge in [0.1, 0.15) is 11.6 Å². The van der Waals surface area contributed by atoms with Gasteiger partial charge in [-0.15, -0.1) is 0 Å². The van der Waals surface area contributed by atoms with Crippen LogP contribution < -0.4 is 0 Å². The molecule has 0 atom stereocenters. The van der Waals surface area contributed by atoms with Crippen LogP contribution in [0.15, 0.2) is 188 Å². The number of aromatic hydroxyl groups is 1. The average Bonchev–Trinajstić information content (AvgIpc) is 3.76. The van der Waals surface area contributed by atoms with Gasteiger partial charge in [0, 0.05) is 17.3 Å². The highest BCUT2D eigenvalue weighted by Crippen LogP contribution is 2.45. The lowest BCUT2D eigenvalue weighted by atomic mass is 9.78. The lowest BCUT2D eigenvalue weighted by Gasteiger charge is -2.26. The van der Waals surface area contributed by atoms with Gasteiger partial charge in [-0.2, -0.15) is 0 Å². The van der Waals surface area contributed by atoms with Crippen LogP contribution in [-0.2, 0) is 16.2 Å². The third-order valence-electron chi connectivity index (χ3n) is 14.3. The van der Waals surface area contributed by atoms with Crippen LogP contribution in [0.25, 0.3) is 95.0 Å². The van der Waals surface area contributed by atoms with E-state index in [2.05, 4.69) is 256 Å². The van der Waals surface area contributed by atoms with Crippen LogP contribution in [0, 0.1) is 13.8 Å². The summed E-state index contributed by atoms with van der Waals surface area (Å²) in [7, 11) is 0. The fourth-order valence-corrected chi connectivity index (χ4v) is 10.2. The minimum absolute atomic E-state index is 0.0704. The van der Waals surface area contributed by atoms with E-state index in [-0.39, 0.29) is 22.0 Å². The maximum Gasteiger partial charge on any atom is 0.149 e. The maximum absolute atomic E-state index is 12.2. The SMILES string of the molecule is Cc1cc(-c2c(-c3ccccc3)cccc2C(C)(C)C)ccc1-n1c(-c2cc(C(C)(C)C)cc(C)c2O)nc2c(-c3cc(-c4ccccc4)cc(-c4cc(-c5ccc(C(C)(C)C)cc5)ccn4)c3)cccc21. The number of phenols is 1. The fraction of sp³-hybridized carbons (Fsp3) is 0.206. The van der Waals surface area contributed by atoms with Crippen molar-refractivity contribution in [2.75, 3.05) is 0 Å². The number of aryl methyl sites for hydroxylation is 2. The van der Waals surface area contributed by atoms with Crippen molar-refractivity contribution in [3.8, 4) is 89.7 Å². The van der Waals surface area contributed by atoms with Gasteiger partial charge in [0.25, 0.3) is 0 Å². The summed E-state index contributed by atoms with van der Waals surface area (Å²) in [6.07, 6.45) is 1.92. The summed E-state index contributed by atoms with van der Waals surface area (Å²) in [4.78, 5) is 10.7. The molecule has 0 saturated carbocycles. The third kappa shape index (κ3) is 9.19. The Bertz CT molecular complexity index is 3630. The fourth-order valence-electron chi connectivity index (χ4n) is 10.2. The van der Waals surface area contributed by atoms with Gasteiger partial charge in [-0.1, -0.05) is 190 Å². The highest BCUT2D eigenvalue weighted by atomic mass is 16.3. The Hall–Kier alpha value is -7.82. The second-order valence-electron chi connectivity index (χ2n) is 22.7. The van der Waals surface area contributed by atoms with Crippen LogP contribution in [0.2, 0.25) is 0 Å². The second-order valence-corrected chi connectivity index (χ2v) is 22.7. The van der Waals surface area contributed by atoms with E-state index in [4.69, 9.17) is 9.97 Å². The molecule has 0 saturated heterocycles. The molecule has 4 heteroatoms. The van der Waals surface area contributed by atoms with Crippen molar-refractivity contribution < 1.29 is 5.11 Å². The molecule has 8 aromatic carbocycles. The third-order valence-corrected chi connectivity index (χ3v) is 14.3. The second kappa shape index (κ2) is 18.4. The van der Waals surface area contributed by atoms with E-state index < -0.39 is 0 Å². The molecule has 1 N–H and O–H groups in total. The quantitative estimate of drug-likeness (QED) is 0.165. The maximum atomic E-state index is 12.2. The van der Waals surface area contributed by atoms with E-state index >= 15 is 0 Å². The Balaban J connectivity index is 1.20. The van der Waals surface area contributed by atoms with Crippen LogP contribution in [0.1, 0.15) is 90.1 Å². The molecule has 0 aliphatic heterocycles. The molecule has 0 amide bonds. The van der Waals surface area contributed by atoms with Crippen LogP contribution >= 0.6 is 0 Å². The number of phenolic OH excluding ortho intramolecular Hbond substituents is 1. The Labute approximate surface area is 426 Å². The van der Waals surface area contributed by atoms with E-state index in [1.54, 1.807) is 0 Å². The van der Waals surface area contributed by atoms with Crippen LogP contribution in [-0.4, -0.2) is 19.6 Å². The normalized spacial score (nSPS) is 12.2. The molecule has 358 valence electrons. The molecule has 72 heavy (non-hydrogen) atoms. The van der Waals surface area contributed by atoms with Gasteiger partial charge in [-0.05, 0) is 163 Å². The van der Waals surface area contributed by atoms with Crippen molar-refractivity contribution in [1.82, 2.24) is 14.5 Å². The predicted molar refractivity (Wildman–Crippen MR) is 304 cm³/mol. The molecule has 10 aromatic rings. The number of fused-ring (bicyclic) bond motifs is 1. The van der Waals surface area contributed by atoms with E-state index in [0.29, 0.717) is 11.4 Å². The molecule has 0 spiro atoms. The first-order chi connectivity index (χ1) is 34.3. The van der Waals surface area contributed by atoms with E-state index in [9.17, 15) is 5.11 Å². The zero-order chi connectivity index (χ0) is 50.7. The summed E-state index contributed by atoms with van der Waals surface area (Å²) >= 11 is 0. The first kappa shape index (κ1) is 47.8. The highest BCUT2D eigenvalue weighted by molar-refractivity contribution is 5.98. The van der Waals surface area contributed by atoms with Crippen molar-refractivity contribution in [2.24, 2.45) is 0 Å². The Morgan fingerprint density at radius 3 is 1.69 bits per heavy atom. The van der Waals surface area contributed by atoms with Crippen molar-refractivity contribution in [1.29, 1.82) is 0 Å². The summed E-state index contributed by atoms with van der Waals surface area (Å²) in [5.41, 5.74) is 22.1. The molecule has 0 fully saturated rings. The van der Waals surface area contributed by atoms with Gasteiger partial charge >= 0.3 is 0 Å². The summed E-state index contributed by atoms with van der Waals surface area (Å²) in [5, 5.41) is 12.2. The van der Waals surface area contributed by atoms with Gasteiger partial charge in [0.05, 0.1) is 28.0 Å². The standard InChI is InChI=1S/C68H65N3O/c1-43-36-49(62-55(47-22-16-13-17-23-47)24-18-26-58(62)68(9,10)11)30-33-60(43)71-61-27-19-25-56(63(61)70-65(71)57-42-54(67(6,7)8)37-44(2)64(57)72)51-38-50(45-20-14-12-15-21-45)39-52(40-51)59-41-48(34-35-69-59)46-28-31-53(32-29-46)66(3,4)5/h12-42,72H,1-11H3. The molecule has 10 rings (SSSR count). The van der Waals surface area contributed by atoms with E-state index in [1.807, 2.05) is 13.1 Å². The predicted octanol–water partition coefficient (Wildman–Crippen LogP) is 18.3. The minimum atomic E-state index is -0.167. The number of para-hydroxylation sites is 1. The number of hydrogen-bond donors (Lipinski definition) is 1. The van der Waals surface area contributed by atoms with Gasteiger partial charge < -0.3 is 5.11 Å². The molecule has 0 radical (unpaired) electrons. The monoisotopic (exact) mass is 940 g/mol. The Kier molecular flexibility index (Phi) is 12.2. The zero-order valence-electron chi connectivity index (χ0n) is 43.7. The summed E-state index contributed by atoms with van der Waals surface area (Å²) in [6, 6.07) is 65.6. The minimum Gasteiger partial charge on any atom is -0.507 e. The molecule has 0 aliphatic carbocycles. The average molecular weight is 940 g/mol. The number of hydrogen-bond acceptors (Lipinski definition) is 3. The van der Waals surface area contributed by atoms with Crippen molar-refractivity contribution in [2.45, 2.75) is 92.4 Å². The molecular formula is C68H65N3O. The summed E-state index contributed by atoms with van der Waals surface area (Å²) < 4.78 is 2.27. The number of benzene rings is 8. The van der Waals surface area contributed by atoms with Gasteiger partial charge in [-0.3, -0.25) is 9.55 Å². The molecule has 0 bridgehead atoms. The smallest absolute Gasteiger partial charge is 0.149 e. The highest BCUT2D eigenvalue weighted by Gasteiger charge is 2.27. The van der Waals surface area contributed by atoms with Gasteiger partial charge in [0.15, 0.2) is 0 Å². The number of imidazole rings is 1.